The molecule has 1 aromatic carbocycles. The Morgan fingerprint density at radius 3 is 2.38 bits per heavy atom. The molecule has 0 N–H and O–H groups in total. The van der Waals surface area contributed by atoms with Crippen LogP contribution in [0.5, 0.6) is 0 Å². The van der Waals surface area contributed by atoms with E-state index in [2.05, 4.69) is 52.6 Å². The predicted octanol–water partition coefficient (Wildman–Crippen LogP) is 6.75. The van der Waals surface area contributed by atoms with E-state index in [4.69, 9.17) is 0 Å². The van der Waals surface area contributed by atoms with Gasteiger partial charge in [-0.2, -0.15) is 0 Å². The predicted molar refractivity (Wildman–Crippen MR) is 95.4 cm³/mol. The summed E-state index contributed by atoms with van der Waals surface area (Å²) in [7, 11) is 0. The van der Waals surface area contributed by atoms with Crippen LogP contribution in [0.4, 0.5) is 4.39 Å². The minimum atomic E-state index is -0.138. The fourth-order valence-electron chi connectivity index (χ4n) is 3.54. The maximum atomic E-state index is 13.5. The monoisotopic (exact) mass is 418 g/mol. The van der Waals surface area contributed by atoms with Gasteiger partial charge in [0.15, 0.2) is 0 Å². The van der Waals surface area contributed by atoms with Crippen molar-refractivity contribution in [3.8, 4) is 0 Å². The molecular formula is C18H25Br2F. The summed E-state index contributed by atoms with van der Waals surface area (Å²) in [5.41, 5.74) is 1.78. The van der Waals surface area contributed by atoms with Crippen molar-refractivity contribution in [2.24, 2.45) is 16.7 Å². The van der Waals surface area contributed by atoms with Crippen molar-refractivity contribution in [1.29, 1.82) is 0 Å². The van der Waals surface area contributed by atoms with Gasteiger partial charge in [0, 0.05) is 9.80 Å². The topological polar surface area (TPSA) is 0 Å². The van der Waals surface area contributed by atoms with E-state index in [-0.39, 0.29) is 11.2 Å². The Balaban J connectivity index is 2.12. The van der Waals surface area contributed by atoms with Crippen LogP contribution >= 0.6 is 31.9 Å². The Labute approximate surface area is 145 Å². The molecule has 0 atom stereocenters. The van der Waals surface area contributed by atoms with Crippen molar-refractivity contribution in [1.82, 2.24) is 0 Å². The largest absolute Gasteiger partial charge is 0.207 e. The van der Waals surface area contributed by atoms with Crippen LogP contribution in [-0.2, 0) is 6.42 Å². The highest BCUT2D eigenvalue weighted by Gasteiger charge is 2.38. The van der Waals surface area contributed by atoms with Crippen LogP contribution in [0.2, 0.25) is 0 Å². The van der Waals surface area contributed by atoms with Gasteiger partial charge in [-0.3, -0.25) is 0 Å². The minimum absolute atomic E-state index is 0.138. The highest BCUT2D eigenvalue weighted by molar-refractivity contribution is 9.10. The Morgan fingerprint density at radius 2 is 1.86 bits per heavy atom. The van der Waals surface area contributed by atoms with Crippen LogP contribution in [-0.4, -0.2) is 5.33 Å². The maximum absolute atomic E-state index is 13.5. The first-order valence-corrected chi connectivity index (χ1v) is 9.67. The third-order valence-corrected chi connectivity index (χ3v) is 7.09. The zero-order valence-corrected chi connectivity index (χ0v) is 16.4. The van der Waals surface area contributed by atoms with Gasteiger partial charge in [-0.05, 0) is 72.6 Å². The lowest BCUT2D eigenvalue weighted by Crippen LogP contribution is -2.35. The average Bonchev–Trinajstić information content (AvgIpc) is 2.42. The summed E-state index contributed by atoms with van der Waals surface area (Å²) >= 11 is 7.30. The Bertz CT molecular complexity index is 482. The van der Waals surface area contributed by atoms with Crippen LogP contribution in [0, 0.1) is 22.6 Å². The zero-order chi connectivity index (χ0) is 15.7. The Hall–Kier alpha value is 0.110. The second kappa shape index (κ2) is 6.70. The number of hydrogen-bond donors (Lipinski definition) is 0. The molecular weight excluding hydrogens is 395 g/mol. The van der Waals surface area contributed by atoms with Gasteiger partial charge >= 0.3 is 0 Å². The van der Waals surface area contributed by atoms with E-state index in [1.807, 2.05) is 6.07 Å². The summed E-state index contributed by atoms with van der Waals surface area (Å²) in [5.74, 6) is 0.668. The van der Waals surface area contributed by atoms with Gasteiger partial charge in [0.2, 0.25) is 0 Å². The van der Waals surface area contributed by atoms with E-state index in [0.29, 0.717) is 5.41 Å². The maximum Gasteiger partial charge on any atom is 0.123 e. The second-order valence-electron chi connectivity index (χ2n) is 7.69. The molecule has 0 saturated heterocycles. The molecule has 0 nitrogen and oxygen atoms in total. The molecule has 0 bridgehead atoms. The highest BCUT2D eigenvalue weighted by Crippen LogP contribution is 2.48. The molecule has 1 aromatic rings. The third-order valence-electron chi connectivity index (χ3n) is 5.13. The van der Waals surface area contributed by atoms with Gasteiger partial charge in [0.1, 0.15) is 5.82 Å². The van der Waals surface area contributed by atoms with Gasteiger partial charge < -0.3 is 0 Å². The van der Waals surface area contributed by atoms with Crippen molar-refractivity contribution in [3.05, 3.63) is 34.1 Å². The van der Waals surface area contributed by atoms with Gasteiger partial charge in [0.05, 0.1) is 0 Å². The lowest BCUT2D eigenvalue weighted by atomic mass is 9.63. The van der Waals surface area contributed by atoms with Crippen molar-refractivity contribution in [2.45, 2.75) is 52.9 Å². The van der Waals surface area contributed by atoms with Crippen molar-refractivity contribution >= 4 is 31.9 Å². The van der Waals surface area contributed by atoms with Crippen molar-refractivity contribution in [3.63, 3.8) is 0 Å². The molecule has 1 aliphatic rings. The molecule has 0 spiro atoms. The molecule has 0 unspecified atom stereocenters. The van der Waals surface area contributed by atoms with Gasteiger partial charge in [-0.1, -0.05) is 52.6 Å². The standard InChI is InChI=1S/C18H25Br2F/c1-17(2,3)14-6-8-18(12-19,9-7-14)11-13-10-15(21)4-5-16(13)20/h4-5,10,14H,6-9,11-12H2,1-3H3. The molecule has 0 aliphatic heterocycles. The summed E-state index contributed by atoms with van der Waals surface area (Å²) in [6.07, 6.45) is 5.96. The summed E-state index contributed by atoms with van der Waals surface area (Å²) in [6.45, 7) is 7.05. The quantitative estimate of drug-likeness (QED) is 0.475. The van der Waals surface area contributed by atoms with Gasteiger partial charge in [-0.25, -0.2) is 4.39 Å². The molecule has 0 heterocycles. The van der Waals surface area contributed by atoms with Gasteiger partial charge in [0.25, 0.3) is 0 Å². The molecule has 0 aromatic heterocycles. The fourth-order valence-corrected chi connectivity index (χ4v) is 4.68. The smallest absolute Gasteiger partial charge is 0.123 e. The summed E-state index contributed by atoms with van der Waals surface area (Å²) in [5, 5.41) is 1.000. The van der Waals surface area contributed by atoms with E-state index >= 15 is 0 Å². The molecule has 0 radical (unpaired) electrons. The number of rotatable bonds is 3. The first-order valence-electron chi connectivity index (χ1n) is 7.76. The molecule has 1 fully saturated rings. The lowest BCUT2D eigenvalue weighted by molar-refractivity contribution is 0.103. The van der Waals surface area contributed by atoms with E-state index < -0.39 is 0 Å². The SMILES string of the molecule is CC(C)(C)C1CCC(CBr)(Cc2cc(F)ccc2Br)CC1. The Morgan fingerprint density at radius 1 is 1.24 bits per heavy atom. The molecule has 0 amide bonds. The minimum Gasteiger partial charge on any atom is -0.207 e. The average molecular weight is 420 g/mol. The zero-order valence-electron chi connectivity index (χ0n) is 13.2. The third kappa shape index (κ3) is 4.31. The number of halogens is 3. The van der Waals surface area contributed by atoms with E-state index in [1.54, 1.807) is 6.07 Å². The van der Waals surface area contributed by atoms with Crippen molar-refractivity contribution in [2.75, 3.05) is 5.33 Å². The van der Waals surface area contributed by atoms with E-state index in [0.717, 1.165) is 27.7 Å². The summed E-state index contributed by atoms with van der Waals surface area (Å²) < 4.78 is 14.5. The molecule has 2 rings (SSSR count). The molecule has 3 heteroatoms. The van der Waals surface area contributed by atoms with E-state index in [1.165, 1.54) is 31.7 Å². The van der Waals surface area contributed by atoms with Gasteiger partial charge in [-0.15, -0.1) is 0 Å². The molecule has 1 aliphatic carbocycles. The van der Waals surface area contributed by atoms with Crippen LogP contribution < -0.4 is 0 Å². The van der Waals surface area contributed by atoms with Crippen molar-refractivity contribution < 1.29 is 4.39 Å². The highest BCUT2D eigenvalue weighted by atomic mass is 79.9. The molecule has 118 valence electrons. The van der Waals surface area contributed by atoms with Crippen LogP contribution in [0.3, 0.4) is 0 Å². The molecule has 1 saturated carbocycles. The normalized spacial score (nSPS) is 26.9. The van der Waals surface area contributed by atoms with Crippen LogP contribution in [0.1, 0.15) is 52.0 Å². The summed E-state index contributed by atoms with van der Waals surface area (Å²) in [4.78, 5) is 0. The second-order valence-corrected chi connectivity index (χ2v) is 9.10. The molecule has 21 heavy (non-hydrogen) atoms. The number of alkyl halides is 1. The first-order chi connectivity index (χ1) is 9.76. The lowest BCUT2D eigenvalue weighted by Gasteiger charge is -2.43. The fraction of sp³-hybridized carbons (Fsp3) is 0.667. The number of hydrogen-bond acceptors (Lipinski definition) is 0. The number of benzene rings is 1. The first kappa shape index (κ1) is 17.5. The van der Waals surface area contributed by atoms with Crippen LogP contribution in [0.25, 0.3) is 0 Å². The summed E-state index contributed by atoms with van der Waals surface area (Å²) in [6, 6.07) is 5.03. The Kier molecular flexibility index (Phi) is 5.57. The van der Waals surface area contributed by atoms with Crippen LogP contribution in [0.15, 0.2) is 22.7 Å². The van der Waals surface area contributed by atoms with E-state index in [9.17, 15) is 4.39 Å².